The van der Waals surface area contributed by atoms with Gasteiger partial charge in [0.2, 0.25) is 0 Å². The Morgan fingerprint density at radius 1 is 1.53 bits per heavy atom. The second-order valence-corrected chi connectivity index (χ2v) is 4.51. The average molecular weight is 230 g/mol. The van der Waals surface area contributed by atoms with Crippen molar-refractivity contribution in [3.05, 3.63) is 16.4 Å². The van der Waals surface area contributed by atoms with Crippen LogP contribution in [0.5, 0.6) is 0 Å². The van der Waals surface area contributed by atoms with Crippen molar-refractivity contribution >= 4 is 11.6 Å². The van der Waals surface area contributed by atoms with Crippen molar-refractivity contribution in [1.29, 1.82) is 0 Å². The molecule has 1 aromatic heterocycles. The summed E-state index contributed by atoms with van der Waals surface area (Å²) in [6, 6.07) is 0.570. The Morgan fingerprint density at radius 3 is 2.53 bits per heavy atom. The Bertz CT molecular complexity index is 333. The lowest BCUT2D eigenvalue weighted by Gasteiger charge is -2.23. The monoisotopic (exact) mass is 229 g/mol. The number of halogens is 1. The molecule has 1 unspecified atom stereocenters. The highest BCUT2D eigenvalue weighted by Gasteiger charge is 2.15. The Balaban J connectivity index is 2.80. The zero-order valence-corrected chi connectivity index (χ0v) is 11.0. The summed E-state index contributed by atoms with van der Waals surface area (Å²) >= 11 is 6.18. The first-order valence-electron chi connectivity index (χ1n) is 5.35. The largest absolute Gasteiger partial charge is 0.299 e. The van der Waals surface area contributed by atoms with Gasteiger partial charge in [-0.05, 0) is 27.3 Å². The number of hydrogen-bond donors (Lipinski definition) is 0. The molecule has 1 heterocycles. The van der Waals surface area contributed by atoms with Crippen molar-refractivity contribution in [2.75, 3.05) is 7.05 Å². The predicted molar refractivity (Wildman–Crippen MR) is 64.2 cm³/mol. The van der Waals surface area contributed by atoms with Crippen molar-refractivity contribution in [1.82, 2.24) is 14.7 Å². The van der Waals surface area contributed by atoms with E-state index in [1.165, 1.54) is 0 Å². The maximum Gasteiger partial charge on any atom is 0.131 e. The van der Waals surface area contributed by atoms with E-state index in [0.29, 0.717) is 6.04 Å². The number of rotatable bonds is 4. The van der Waals surface area contributed by atoms with Crippen LogP contribution in [-0.2, 0) is 13.6 Å². The van der Waals surface area contributed by atoms with Gasteiger partial charge < -0.3 is 0 Å². The Morgan fingerprint density at radius 2 is 2.13 bits per heavy atom. The highest BCUT2D eigenvalue weighted by Crippen LogP contribution is 2.21. The molecule has 0 saturated carbocycles. The van der Waals surface area contributed by atoms with Crippen LogP contribution < -0.4 is 0 Å². The summed E-state index contributed by atoms with van der Waals surface area (Å²) in [5, 5.41) is 5.06. The minimum Gasteiger partial charge on any atom is -0.299 e. The zero-order chi connectivity index (χ0) is 11.6. The van der Waals surface area contributed by atoms with Gasteiger partial charge in [-0.1, -0.05) is 18.5 Å². The predicted octanol–water partition coefficient (Wildman–Crippen LogP) is 2.61. The molecule has 1 rings (SSSR count). The van der Waals surface area contributed by atoms with E-state index in [0.717, 1.165) is 29.4 Å². The molecule has 4 heteroatoms. The molecule has 0 saturated heterocycles. The Hall–Kier alpha value is -0.540. The van der Waals surface area contributed by atoms with Gasteiger partial charge in [0.1, 0.15) is 5.15 Å². The van der Waals surface area contributed by atoms with Crippen LogP contribution >= 0.6 is 11.6 Å². The molecule has 0 bridgehead atoms. The van der Waals surface area contributed by atoms with Crippen molar-refractivity contribution in [2.24, 2.45) is 7.05 Å². The molecular weight excluding hydrogens is 210 g/mol. The first-order chi connectivity index (χ1) is 6.97. The number of aryl methyl sites for hydroxylation is 2. The summed E-state index contributed by atoms with van der Waals surface area (Å²) in [5.74, 6) is 0. The molecule has 15 heavy (non-hydrogen) atoms. The van der Waals surface area contributed by atoms with Gasteiger partial charge in [0.05, 0.1) is 5.69 Å². The molecule has 0 N–H and O–H groups in total. The molecule has 0 radical (unpaired) electrons. The van der Waals surface area contributed by atoms with E-state index in [4.69, 9.17) is 11.6 Å². The molecule has 1 atom stereocenters. The molecule has 0 aliphatic heterocycles. The van der Waals surface area contributed by atoms with Crippen molar-refractivity contribution in [2.45, 2.75) is 39.8 Å². The Labute approximate surface area is 97.0 Å². The van der Waals surface area contributed by atoms with Gasteiger partial charge in [-0.15, -0.1) is 0 Å². The van der Waals surface area contributed by atoms with Gasteiger partial charge in [-0.25, -0.2) is 0 Å². The number of nitrogens with zero attached hydrogens (tertiary/aromatic N) is 3. The van der Waals surface area contributed by atoms with Gasteiger partial charge in [0.25, 0.3) is 0 Å². The molecular formula is C11H20ClN3. The first kappa shape index (κ1) is 12.5. The maximum atomic E-state index is 6.18. The molecule has 0 spiro atoms. The van der Waals surface area contributed by atoms with Crippen molar-refractivity contribution in [3.63, 3.8) is 0 Å². The first-order valence-corrected chi connectivity index (χ1v) is 5.73. The highest BCUT2D eigenvalue weighted by molar-refractivity contribution is 6.30. The molecule has 1 aromatic rings. The quantitative estimate of drug-likeness (QED) is 0.792. The summed E-state index contributed by atoms with van der Waals surface area (Å²) in [7, 11) is 4.00. The van der Waals surface area contributed by atoms with E-state index < -0.39 is 0 Å². The summed E-state index contributed by atoms with van der Waals surface area (Å²) in [4.78, 5) is 2.30. The normalized spacial score (nSPS) is 13.5. The van der Waals surface area contributed by atoms with Crippen molar-refractivity contribution < 1.29 is 0 Å². The van der Waals surface area contributed by atoms with Crippen LogP contribution in [0.4, 0.5) is 0 Å². The van der Waals surface area contributed by atoms with Crippen LogP contribution in [-0.4, -0.2) is 27.8 Å². The molecule has 0 aliphatic carbocycles. The highest BCUT2D eigenvalue weighted by atomic mass is 35.5. The third-order valence-corrected chi connectivity index (χ3v) is 3.49. The lowest BCUT2D eigenvalue weighted by atomic mass is 10.2. The fraction of sp³-hybridized carbons (Fsp3) is 0.727. The number of aromatic nitrogens is 2. The van der Waals surface area contributed by atoms with E-state index in [9.17, 15) is 0 Å². The van der Waals surface area contributed by atoms with Crippen molar-refractivity contribution in [3.8, 4) is 0 Å². The third-order valence-electron chi connectivity index (χ3n) is 3.02. The second kappa shape index (κ2) is 4.99. The van der Waals surface area contributed by atoms with Crippen LogP contribution in [0.1, 0.15) is 31.5 Å². The number of hydrogen-bond acceptors (Lipinski definition) is 2. The maximum absolute atomic E-state index is 6.18. The smallest absolute Gasteiger partial charge is 0.131 e. The minimum absolute atomic E-state index is 0.570. The summed E-state index contributed by atoms with van der Waals surface area (Å²) in [6.07, 6.45) is 1.15. The molecule has 0 fully saturated rings. The average Bonchev–Trinajstić information content (AvgIpc) is 2.43. The molecule has 86 valence electrons. The van der Waals surface area contributed by atoms with Gasteiger partial charge >= 0.3 is 0 Å². The lowest BCUT2D eigenvalue weighted by Crippen LogP contribution is -2.28. The molecule has 0 aromatic carbocycles. The van der Waals surface area contributed by atoms with Gasteiger partial charge in [-0.2, -0.15) is 5.10 Å². The minimum atomic E-state index is 0.570. The summed E-state index contributed by atoms with van der Waals surface area (Å²) in [5.41, 5.74) is 2.17. The van der Waals surface area contributed by atoms with Gasteiger partial charge in [-0.3, -0.25) is 9.58 Å². The van der Waals surface area contributed by atoms with E-state index in [2.05, 4.69) is 30.9 Å². The second-order valence-electron chi connectivity index (χ2n) is 4.15. The SMILES string of the molecule is CCC(C)N(C)Cc1c(C)nn(C)c1Cl. The van der Waals surface area contributed by atoms with Crippen LogP contribution in [0.25, 0.3) is 0 Å². The van der Waals surface area contributed by atoms with Gasteiger partial charge in [0.15, 0.2) is 0 Å². The van der Waals surface area contributed by atoms with Crippen LogP contribution in [0.3, 0.4) is 0 Å². The zero-order valence-electron chi connectivity index (χ0n) is 10.2. The van der Waals surface area contributed by atoms with Gasteiger partial charge in [0, 0.05) is 25.2 Å². The van der Waals surface area contributed by atoms with E-state index in [1.807, 2.05) is 14.0 Å². The summed E-state index contributed by atoms with van der Waals surface area (Å²) in [6.45, 7) is 7.29. The van der Waals surface area contributed by atoms with Crippen LogP contribution in [0.15, 0.2) is 0 Å². The molecule has 3 nitrogen and oxygen atoms in total. The topological polar surface area (TPSA) is 21.1 Å². The summed E-state index contributed by atoms with van der Waals surface area (Å²) < 4.78 is 1.73. The standard InChI is InChI=1S/C11H20ClN3/c1-6-8(2)14(4)7-10-9(3)13-15(5)11(10)12/h8H,6-7H2,1-5H3. The Kier molecular flexibility index (Phi) is 4.17. The fourth-order valence-corrected chi connectivity index (χ4v) is 1.80. The fourth-order valence-electron chi connectivity index (χ4n) is 1.57. The van der Waals surface area contributed by atoms with Crippen LogP contribution in [0.2, 0.25) is 5.15 Å². The van der Waals surface area contributed by atoms with E-state index in [-0.39, 0.29) is 0 Å². The molecule has 0 aliphatic rings. The van der Waals surface area contributed by atoms with E-state index in [1.54, 1.807) is 4.68 Å². The lowest BCUT2D eigenvalue weighted by molar-refractivity contribution is 0.243. The van der Waals surface area contributed by atoms with Crippen LogP contribution in [0, 0.1) is 6.92 Å². The third kappa shape index (κ3) is 2.73. The molecule has 0 amide bonds. The van der Waals surface area contributed by atoms with E-state index >= 15 is 0 Å².